The van der Waals surface area contributed by atoms with Crippen LogP contribution in [-0.4, -0.2) is 48.0 Å². The van der Waals surface area contributed by atoms with Gasteiger partial charge in [0.05, 0.1) is 25.9 Å². The molecular weight excluding hydrogens is 318 g/mol. The summed E-state index contributed by atoms with van der Waals surface area (Å²) in [4.78, 5) is 21.3. The summed E-state index contributed by atoms with van der Waals surface area (Å²) in [6.45, 7) is 4.48. The van der Waals surface area contributed by atoms with Gasteiger partial charge >= 0.3 is 0 Å². The van der Waals surface area contributed by atoms with Crippen LogP contribution in [0.15, 0.2) is 41.6 Å². The van der Waals surface area contributed by atoms with Crippen LogP contribution in [-0.2, 0) is 9.47 Å². The number of nitrogens with zero attached hydrogens (tertiary/aromatic N) is 2. The van der Waals surface area contributed by atoms with Crippen LogP contribution in [0.5, 0.6) is 0 Å². The Bertz CT molecular complexity index is 878. The van der Waals surface area contributed by atoms with Gasteiger partial charge in [-0.05, 0) is 25.1 Å². The fourth-order valence-corrected chi connectivity index (χ4v) is 3.24. The fraction of sp³-hybridized carbons (Fsp3) is 0.368. The third-order valence-electron chi connectivity index (χ3n) is 4.85. The third-order valence-corrected chi connectivity index (χ3v) is 4.85. The molecule has 2 aromatic heterocycles. The van der Waals surface area contributed by atoms with Crippen LogP contribution < -0.4 is 10.5 Å². The molecule has 0 unspecified atom stereocenters. The van der Waals surface area contributed by atoms with E-state index < -0.39 is 0 Å². The van der Waals surface area contributed by atoms with E-state index in [-0.39, 0.29) is 17.2 Å². The van der Waals surface area contributed by atoms with Gasteiger partial charge in [0.1, 0.15) is 11.3 Å². The topological polar surface area (TPSA) is 67.5 Å². The predicted octanol–water partition coefficient (Wildman–Crippen LogP) is 1.16. The average Bonchev–Trinajstić information content (AvgIpc) is 2.61. The molecule has 6 heteroatoms. The average molecular weight is 337 g/mol. The minimum atomic E-state index is -0.303. The van der Waals surface area contributed by atoms with Crippen molar-refractivity contribution >= 4 is 5.69 Å². The minimum absolute atomic E-state index is 0.0673. The van der Waals surface area contributed by atoms with E-state index in [1.807, 2.05) is 18.2 Å². The van der Waals surface area contributed by atoms with Crippen LogP contribution in [0.4, 0.5) is 5.69 Å². The van der Waals surface area contributed by atoms with E-state index >= 15 is 0 Å². The molecule has 1 spiro atoms. The highest BCUT2D eigenvalue weighted by Gasteiger charge is 2.50. The molecule has 0 amide bonds. The van der Waals surface area contributed by atoms with Crippen LogP contribution in [0.1, 0.15) is 18.1 Å². The Labute approximate surface area is 145 Å². The number of hydrogen-bond donors (Lipinski definition) is 1. The first kappa shape index (κ1) is 15.9. The molecule has 2 saturated heterocycles. The summed E-state index contributed by atoms with van der Waals surface area (Å²) >= 11 is 0. The quantitative estimate of drug-likeness (QED) is 0.791. The monoisotopic (exact) mass is 337 g/mol. The smallest absolute Gasteiger partial charge is 0.271 e. The Morgan fingerprint density at radius 3 is 2.92 bits per heavy atom. The number of morpholine rings is 1. The Kier molecular flexibility index (Phi) is 4.04. The number of aromatic amines is 1. The van der Waals surface area contributed by atoms with E-state index in [0.29, 0.717) is 32.1 Å². The van der Waals surface area contributed by atoms with E-state index in [1.165, 1.54) is 0 Å². The second kappa shape index (κ2) is 6.36. The second-order valence-corrected chi connectivity index (χ2v) is 6.37. The summed E-state index contributed by atoms with van der Waals surface area (Å²) in [6.07, 6.45) is 5.07. The van der Waals surface area contributed by atoms with Crippen molar-refractivity contribution < 1.29 is 9.47 Å². The number of aromatic nitrogens is 2. The Morgan fingerprint density at radius 2 is 2.20 bits per heavy atom. The summed E-state index contributed by atoms with van der Waals surface area (Å²) in [7, 11) is 0. The van der Waals surface area contributed by atoms with Crippen molar-refractivity contribution in [1.82, 2.24) is 9.97 Å². The molecule has 0 radical (unpaired) electrons. The molecule has 25 heavy (non-hydrogen) atoms. The molecule has 0 bridgehead atoms. The van der Waals surface area contributed by atoms with Crippen LogP contribution in [0.25, 0.3) is 0 Å². The summed E-state index contributed by atoms with van der Waals surface area (Å²) in [5.41, 5.74) is 1.80. The number of hydrogen-bond acceptors (Lipinski definition) is 5. The lowest BCUT2D eigenvalue weighted by atomic mass is 9.90. The molecule has 0 aromatic carbocycles. The SMILES string of the molecule is C[C@@H]1N(c2cc(C#Cc3cccnc3)c[nH]c2=O)CCOC12COC2. The van der Waals surface area contributed by atoms with Gasteiger partial charge in [-0.3, -0.25) is 9.78 Å². The van der Waals surface area contributed by atoms with Crippen LogP contribution in [0.3, 0.4) is 0 Å². The van der Waals surface area contributed by atoms with Gasteiger partial charge in [-0.15, -0.1) is 0 Å². The number of anilines is 1. The van der Waals surface area contributed by atoms with Crippen molar-refractivity contribution in [3.05, 3.63) is 58.3 Å². The third kappa shape index (κ3) is 2.93. The minimum Gasteiger partial charge on any atom is -0.375 e. The second-order valence-electron chi connectivity index (χ2n) is 6.37. The van der Waals surface area contributed by atoms with Crippen LogP contribution in [0, 0.1) is 11.8 Å². The van der Waals surface area contributed by atoms with Crippen molar-refractivity contribution in [1.29, 1.82) is 0 Å². The van der Waals surface area contributed by atoms with Crippen molar-refractivity contribution in [3.63, 3.8) is 0 Å². The normalized spacial score (nSPS) is 21.3. The number of H-pyrrole nitrogens is 1. The van der Waals surface area contributed by atoms with Gasteiger partial charge < -0.3 is 19.4 Å². The first-order valence-corrected chi connectivity index (χ1v) is 8.31. The predicted molar refractivity (Wildman–Crippen MR) is 93.6 cm³/mol. The molecule has 0 saturated carbocycles. The molecule has 6 nitrogen and oxygen atoms in total. The Morgan fingerprint density at radius 1 is 1.36 bits per heavy atom. The van der Waals surface area contributed by atoms with Gasteiger partial charge in [0.25, 0.3) is 5.56 Å². The maximum atomic E-state index is 12.4. The van der Waals surface area contributed by atoms with Crippen LogP contribution in [0.2, 0.25) is 0 Å². The van der Waals surface area contributed by atoms with Crippen LogP contribution >= 0.6 is 0 Å². The lowest BCUT2D eigenvalue weighted by Gasteiger charge is -2.53. The molecule has 128 valence electrons. The molecule has 4 heterocycles. The summed E-state index contributed by atoms with van der Waals surface area (Å²) < 4.78 is 11.3. The van der Waals surface area contributed by atoms with Gasteiger partial charge in [0.15, 0.2) is 0 Å². The first-order chi connectivity index (χ1) is 12.2. The Balaban J connectivity index is 1.64. The molecular formula is C19H19N3O3. The van der Waals surface area contributed by atoms with E-state index in [1.54, 1.807) is 18.6 Å². The number of pyridine rings is 2. The molecule has 2 aliphatic rings. The summed E-state index contributed by atoms with van der Waals surface area (Å²) in [5.74, 6) is 6.15. The first-order valence-electron chi connectivity index (χ1n) is 8.31. The zero-order chi connectivity index (χ0) is 17.3. The largest absolute Gasteiger partial charge is 0.375 e. The van der Waals surface area contributed by atoms with Crippen molar-refractivity contribution in [2.45, 2.75) is 18.6 Å². The zero-order valence-electron chi connectivity index (χ0n) is 14.0. The van der Waals surface area contributed by atoms with Crippen molar-refractivity contribution in [3.8, 4) is 11.8 Å². The van der Waals surface area contributed by atoms with E-state index in [4.69, 9.17) is 9.47 Å². The lowest BCUT2D eigenvalue weighted by molar-refractivity contribution is -0.228. The lowest BCUT2D eigenvalue weighted by Crippen LogP contribution is -2.68. The van der Waals surface area contributed by atoms with Gasteiger partial charge in [-0.1, -0.05) is 11.8 Å². The van der Waals surface area contributed by atoms with E-state index in [9.17, 15) is 4.79 Å². The highest BCUT2D eigenvalue weighted by molar-refractivity contribution is 5.53. The molecule has 0 aliphatic carbocycles. The van der Waals surface area contributed by atoms with Gasteiger partial charge in [-0.25, -0.2) is 0 Å². The standard InChI is InChI=1S/C19H19N3O3/c1-14-19(12-24-13-19)25-8-7-22(14)17-9-16(11-21-18(17)23)5-4-15-3-2-6-20-10-15/h2-3,6,9-11,14H,7-8,12-13H2,1H3,(H,21,23)/t14-/m0/s1. The van der Waals surface area contributed by atoms with Gasteiger partial charge in [0.2, 0.25) is 0 Å². The highest BCUT2D eigenvalue weighted by atomic mass is 16.6. The molecule has 1 N–H and O–H groups in total. The van der Waals surface area contributed by atoms with E-state index in [2.05, 4.69) is 33.6 Å². The summed E-state index contributed by atoms with van der Waals surface area (Å²) in [5, 5.41) is 0. The van der Waals surface area contributed by atoms with E-state index in [0.717, 1.165) is 11.1 Å². The zero-order valence-corrected chi connectivity index (χ0v) is 14.0. The molecule has 1 atom stereocenters. The molecule has 4 rings (SSSR count). The van der Waals surface area contributed by atoms with Crippen molar-refractivity contribution in [2.75, 3.05) is 31.3 Å². The Hall–Kier alpha value is -2.62. The summed E-state index contributed by atoms with van der Waals surface area (Å²) in [6, 6.07) is 5.66. The number of nitrogens with one attached hydrogen (secondary N) is 1. The van der Waals surface area contributed by atoms with Crippen molar-refractivity contribution in [2.24, 2.45) is 0 Å². The molecule has 2 aliphatic heterocycles. The number of rotatable bonds is 1. The maximum Gasteiger partial charge on any atom is 0.271 e. The number of ether oxygens (including phenoxy) is 2. The fourth-order valence-electron chi connectivity index (χ4n) is 3.24. The highest BCUT2D eigenvalue weighted by Crippen LogP contribution is 2.34. The van der Waals surface area contributed by atoms with Gasteiger partial charge in [-0.2, -0.15) is 0 Å². The maximum absolute atomic E-state index is 12.4. The molecule has 2 aromatic rings. The molecule has 2 fully saturated rings. The van der Waals surface area contributed by atoms with Gasteiger partial charge in [0, 0.05) is 36.3 Å².